The molecular weight excluding hydrogens is 443 g/mol. The van der Waals surface area contributed by atoms with Crippen LogP contribution in [0.5, 0.6) is 11.5 Å². The molecule has 0 aliphatic carbocycles. The summed E-state index contributed by atoms with van der Waals surface area (Å²) in [4.78, 5) is -0.252. The molecule has 2 rings (SSSR count). The van der Waals surface area contributed by atoms with Gasteiger partial charge in [0.1, 0.15) is 21.6 Å². The van der Waals surface area contributed by atoms with Crippen molar-refractivity contribution in [1.29, 1.82) is 0 Å². The van der Waals surface area contributed by atoms with Crippen molar-refractivity contribution in [2.45, 2.75) is 102 Å². The Morgan fingerprint density at radius 2 is 1.03 bits per heavy atom. The maximum absolute atomic E-state index is 11.0. The molecule has 4 nitrogen and oxygen atoms in total. The van der Waals surface area contributed by atoms with Gasteiger partial charge in [-0.1, -0.05) is 96.1 Å². The molecule has 0 saturated carbocycles. The van der Waals surface area contributed by atoms with Crippen LogP contribution in [0.2, 0.25) is 0 Å². The van der Waals surface area contributed by atoms with Crippen molar-refractivity contribution in [2.75, 3.05) is 0 Å². The number of benzene rings is 2. The van der Waals surface area contributed by atoms with Crippen molar-refractivity contribution in [3.8, 4) is 11.5 Å². The van der Waals surface area contributed by atoms with E-state index in [1.165, 1.54) is 113 Å². The molecular formula is C27H39NaO4S. The van der Waals surface area contributed by atoms with Crippen molar-refractivity contribution in [2.24, 2.45) is 0 Å². The van der Waals surface area contributed by atoms with E-state index < -0.39 is 10.1 Å². The monoisotopic (exact) mass is 482 g/mol. The molecule has 0 N–H and O–H groups in total. The van der Waals surface area contributed by atoms with E-state index in [-0.39, 0.29) is 34.5 Å². The van der Waals surface area contributed by atoms with E-state index >= 15 is 0 Å². The van der Waals surface area contributed by atoms with Crippen LogP contribution in [0.3, 0.4) is 0 Å². The Balaban J connectivity index is 0.00000544. The Bertz CT molecular complexity index is 849. The van der Waals surface area contributed by atoms with Crippen LogP contribution in [-0.4, -0.2) is 13.0 Å². The van der Waals surface area contributed by atoms with Crippen LogP contribution in [0.25, 0.3) is 0 Å². The van der Waals surface area contributed by atoms with Crippen LogP contribution in [0.15, 0.2) is 53.4 Å². The number of hydrogen-bond acceptors (Lipinski definition) is 4. The minimum absolute atomic E-state index is 0. The zero-order chi connectivity index (χ0) is 23.1. The zero-order valence-corrected chi connectivity index (χ0v) is 23.4. The van der Waals surface area contributed by atoms with Gasteiger partial charge in [-0.05, 0) is 54.8 Å². The molecule has 0 spiro atoms. The van der Waals surface area contributed by atoms with Gasteiger partial charge in [0, 0.05) is 0 Å². The van der Waals surface area contributed by atoms with Gasteiger partial charge in [0.05, 0.1) is 4.90 Å². The molecule has 0 saturated heterocycles. The molecule has 0 heterocycles. The van der Waals surface area contributed by atoms with Gasteiger partial charge in [0.15, 0.2) is 0 Å². The maximum Gasteiger partial charge on any atom is 1.00 e. The van der Waals surface area contributed by atoms with Crippen molar-refractivity contribution >= 4 is 10.1 Å². The molecule has 0 aliphatic rings. The number of unbranched alkanes of at least 4 members (excludes halogenated alkanes) is 12. The molecule has 0 amide bonds. The minimum atomic E-state index is -4.43. The van der Waals surface area contributed by atoms with Crippen LogP contribution in [0.1, 0.15) is 96.0 Å². The topological polar surface area (TPSA) is 66.4 Å². The van der Waals surface area contributed by atoms with Crippen LogP contribution in [0, 0.1) is 0 Å². The Kier molecular flexibility index (Phi) is 16.1. The summed E-state index contributed by atoms with van der Waals surface area (Å²) in [5.74, 6) is 1.19. The van der Waals surface area contributed by atoms with Crippen LogP contribution in [0.4, 0.5) is 0 Å². The van der Waals surface area contributed by atoms with Gasteiger partial charge in [0.25, 0.3) is 0 Å². The Hall–Kier alpha value is -0.850. The first kappa shape index (κ1) is 30.2. The fraction of sp³-hybridized carbons (Fsp3) is 0.556. The summed E-state index contributed by atoms with van der Waals surface area (Å²) in [6, 6.07) is 13.5. The Morgan fingerprint density at radius 1 is 0.636 bits per heavy atom. The fourth-order valence-electron chi connectivity index (χ4n) is 3.88. The number of aryl methyl sites for hydroxylation is 1. The van der Waals surface area contributed by atoms with Gasteiger partial charge in [-0.15, -0.1) is 0 Å². The maximum atomic E-state index is 11.0. The van der Waals surface area contributed by atoms with Gasteiger partial charge >= 0.3 is 29.6 Å². The van der Waals surface area contributed by atoms with Crippen LogP contribution >= 0.6 is 0 Å². The summed E-state index contributed by atoms with van der Waals surface area (Å²) in [5, 5.41) is 0. The molecule has 0 bridgehead atoms. The van der Waals surface area contributed by atoms with Gasteiger partial charge in [-0.2, -0.15) is 0 Å². The first-order chi connectivity index (χ1) is 15.5. The molecule has 0 fully saturated rings. The van der Waals surface area contributed by atoms with Gasteiger partial charge in [-0.3, -0.25) is 0 Å². The molecule has 2 aromatic rings. The second-order valence-corrected chi connectivity index (χ2v) is 10.0. The van der Waals surface area contributed by atoms with Crippen molar-refractivity contribution in [1.82, 2.24) is 0 Å². The molecule has 33 heavy (non-hydrogen) atoms. The van der Waals surface area contributed by atoms with Crippen molar-refractivity contribution < 1.29 is 47.3 Å². The molecule has 0 aliphatic heterocycles. The third kappa shape index (κ3) is 13.6. The summed E-state index contributed by atoms with van der Waals surface area (Å²) >= 11 is 0. The molecule has 0 radical (unpaired) electrons. The average molecular weight is 483 g/mol. The first-order valence-electron chi connectivity index (χ1n) is 12.3. The normalized spacial score (nSPS) is 11.2. The third-order valence-corrected chi connectivity index (χ3v) is 6.69. The van der Waals surface area contributed by atoms with Crippen LogP contribution in [-0.2, 0) is 16.5 Å². The molecule has 0 atom stereocenters. The summed E-state index contributed by atoms with van der Waals surface area (Å²) in [6.07, 6.45) is 18.8. The predicted molar refractivity (Wildman–Crippen MR) is 130 cm³/mol. The average Bonchev–Trinajstić information content (AvgIpc) is 2.78. The van der Waals surface area contributed by atoms with E-state index in [0.29, 0.717) is 11.5 Å². The summed E-state index contributed by atoms with van der Waals surface area (Å²) in [5.41, 5.74) is 1.30. The van der Waals surface area contributed by atoms with Crippen molar-refractivity contribution in [3.63, 3.8) is 0 Å². The Labute approximate surface area is 223 Å². The number of hydrogen-bond donors (Lipinski definition) is 0. The van der Waals surface area contributed by atoms with E-state index in [4.69, 9.17) is 4.74 Å². The molecule has 6 heteroatoms. The molecule has 0 aromatic heterocycles. The second-order valence-electron chi connectivity index (χ2n) is 8.66. The first-order valence-corrected chi connectivity index (χ1v) is 13.7. The number of ether oxygens (including phenoxy) is 1. The Morgan fingerprint density at radius 3 is 1.45 bits per heavy atom. The van der Waals surface area contributed by atoms with Gasteiger partial charge < -0.3 is 9.29 Å². The zero-order valence-electron chi connectivity index (χ0n) is 20.6. The van der Waals surface area contributed by atoms with Gasteiger partial charge in [-0.25, -0.2) is 8.42 Å². The van der Waals surface area contributed by atoms with E-state index in [9.17, 15) is 13.0 Å². The predicted octanol–water partition coefficient (Wildman–Crippen LogP) is 5.02. The van der Waals surface area contributed by atoms with E-state index in [0.717, 1.165) is 6.42 Å². The SMILES string of the molecule is CCCCCCCCCCCCCCCc1ccc(Oc2ccc(S(=O)(=O)[O-])cc2)cc1.[Na+]. The van der Waals surface area contributed by atoms with E-state index in [1.54, 1.807) is 0 Å². The fourth-order valence-corrected chi connectivity index (χ4v) is 4.35. The molecule has 2 aromatic carbocycles. The summed E-state index contributed by atoms with van der Waals surface area (Å²) < 4.78 is 38.7. The summed E-state index contributed by atoms with van der Waals surface area (Å²) in [7, 11) is -4.43. The summed E-state index contributed by atoms with van der Waals surface area (Å²) in [6.45, 7) is 2.27. The quantitative estimate of drug-likeness (QED) is 0.180. The van der Waals surface area contributed by atoms with Crippen LogP contribution < -0.4 is 34.3 Å². The smallest absolute Gasteiger partial charge is 0.744 e. The number of rotatable bonds is 17. The largest absolute Gasteiger partial charge is 1.00 e. The van der Waals surface area contributed by atoms with Gasteiger partial charge in [0.2, 0.25) is 0 Å². The van der Waals surface area contributed by atoms with Crippen molar-refractivity contribution in [3.05, 3.63) is 54.1 Å². The molecule has 0 unspecified atom stereocenters. The third-order valence-electron chi connectivity index (χ3n) is 5.84. The standard InChI is InChI=1S/C27H40O4S.Na/c1-2-3-4-5-6-7-8-9-10-11-12-13-14-15-24-16-18-25(19-17-24)31-26-20-22-27(23-21-26)32(28,29)30;/h16-23H,2-15H2,1H3,(H,28,29,30);/q;+1/p-1. The van der Waals surface area contributed by atoms with E-state index in [2.05, 4.69) is 19.1 Å². The van der Waals surface area contributed by atoms with E-state index in [1.807, 2.05) is 12.1 Å². The second kappa shape index (κ2) is 17.6. The molecule has 178 valence electrons. The minimum Gasteiger partial charge on any atom is -0.744 e.